The number of nitrogens with one attached hydrogen (secondary N) is 1. The molecule has 36 heavy (non-hydrogen) atoms. The molecule has 2 rings (SSSR count). The molecule has 2 amide bonds. The van der Waals surface area contributed by atoms with Gasteiger partial charge in [0.2, 0.25) is 11.8 Å². The second-order valence-electron chi connectivity index (χ2n) is 11.7. The van der Waals surface area contributed by atoms with Crippen LogP contribution in [-0.4, -0.2) is 69.7 Å². The van der Waals surface area contributed by atoms with Crippen molar-refractivity contribution < 1.29 is 19.5 Å². The summed E-state index contributed by atoms with van der Waals surface area (Å²) in [7, 11) is 3.63. The number of rotatable bonds is 8. The van der Waals surface area contributed by atoms with Crippen molar-refractivity contribution in [2.75, 3.05) is 14.1 Å². The van der Waals surface area contributed by atoms with Crippen LogP contribution in [-0.2, 0) is 14.4 Å². The SMILES string of the molecule is CC(=C[C@H](C(C)C)N(C)C(=O)C(NC(=O)[C@H]1N(C)C(c2ccccc2)SC1(C)C)C(C)(C)C)C(=O)O. The third-order valence-electron chi connectivity index (χ3n) is 6.82. The molecule has 0 spiro atoms. The summed E-state index contributed by atoms with van der Waals surface area (Å²) >= 11 is 1.74. The highest BCUT2D eigenvalue weighted by Gasteiger charge is 2.51. The molecule has 1 aliphatic heterocycles. The minimum Gasteiger partial charge on any atom is -0.478 e. The second kappa shape index (κ2) is 11.4. The Kier molecular flexibility index (Phi) is 9.46. The summed E-state index contributed by atoms with van der Waals surface area (Å²) in [6, 6.07) is 8.48. The molecule has 0 radical (unpaired) electrons. The van der Waals surface area contributed by atoms with E-state index in [1.807, 2.05) is 59.9 Å². The molecule has 0 saturated carbocycles. The maximum atomic E-state index is 13.8. The van der Waals surface area contributed by atoms with Gasteiger partial charge in [0.15, 0.2) is 0 Å². The van der Waals surface area contributed by atoms with E-state index in [1.165, 1.54) is 6.92 Å². The largest absolute Gasteiger partial charge is 0.478 e. The second-order valence-corrected chi connectivity index (χ2v) is 13.4. The molecule has 0 aromatic heterocycles. The normalized spacial score (nSPS) is 22.2. The molecule has 1 fully saturated rings. The summed E-state index contributed by atoms with van der Waals surface area (Å²) in [4.78, 5) is 42.6. The first-order valence-electron chi connectivity index (χ1n) is 12.4. The van der Waals surface area contributed by atoms with Crippen LogP contribution in [0.5, 0.6) is 0 Å². The zero-order valence-corrected chi connectivity index (χ0v) is 24.1. The molecule has 0 aliphatic carbocycles. The van der Waals surface area contributed by atoms with Gasteiger partial charge in [0.1, 0.15) is 12.1 Å². The van der Waals surface area contributed by atoms with E-state index in [1.54, 1.807) is 29.8 Å². The molecular formula is C28H43N3O4S. The molecule has 8 heteroatoms. The minimum atomic E-state index is -1.01. The van der Waals surface area contributed by atoms with Crippen LogP contribution in [0.3, 0.4) is 0 Å². The maximum Gasteiger partial charge on any atom is 0.331 e. The van der Waals surface area contributed by atoms with Crippen LogP contribution < -0.4 is 5.32 Å². The molecule has 1 saturated heterocycles. The van der Waals surface area contributed by atoms with Crippen LogP contribution in [0, 0.1) is 11.3 Å². The van der Waals surface area contributed by atoms with Gasteiger partial charge in [0.05, 0.1) is 11.4 Å². The van der Waals surface area contributed by atoms with Crippen LogP contribution in [0.25, 0.3) is 0 Å². The highest BCUT2D eigenvalue weighted by Crippen LogP contribution is 2.51. The van der Waals surface area contributed by atoms with Gasteiger partial charge >= 0.3 is 5.97 Å². The van der Waals surface area contributed by atoms with E-state index < -0.39 is 29.5 Å². The van der Waals surface area contributed by atoms with Crippen molar-refractivity contribution in [2.45, 2.75) is 83.6 Å². The Morgan fingerprint density at radius 1 is 1.17 bits per heavy atom. The lowest BCUT2D eigenvalue weighted by molar-refractivity contribution is -0.141. The predicted octanol–water partition coefficient (Wildman–Crippen LogP) is 4.56. The lowest BCUT2D eigenvalue weighted by atomic mass is 9.84. The first-order valence-corrected chi connectivity index (χ1v) is 13.3. The van der Waals surface area contributed by atoms with Crippen molar-refractivity contribution in [1.82, 2.24) is 15.1 Å². The van der Waals surface area contributed by atoms with Gasteiger partial charge in [-0.2, -0.15) is 0 Å². The number of aliphatic carboxylic acids is 1. The Morgan fingerprint density at radius 3 is 2.19 bits per heavy atom. The highest BCUT2D eigenvalue weighted by atomic mass is 32.2. The fourth-order valence-corrected chi connectivity index (χ4v) is 6.34. The highest BCUT2D eigenvalue weighted by molar-refractivity contribution is 8.01. The Morgan fingerprint density at radius 2 is 1.72 bits per heavy atom. The number of amides is 2. The van der Waals surface area contributed by atoms with Gasteiger partial charge in [0.25, 0.3) is 0 Å². The Hall–Kier alpha value is -2.32. The first-order chi connectivity index (χ1) is 16.5. The lowest BCUT2D eigenvalue weighted by Crippen LogP contribution is -2.60. The lowest BCUT2D eigenvalue weighted by Gasteiger charge is -2.39. The number of carbonyl (C=O) groups is 3. The quantitative estimate of drug-likeness (QED) is 0.492. The fraction of sp³-hybridized carbons (Fsp3) is 0.607. The van der Waals surface area contributed by atoms with Gasteiger partial charge < -0.3 is 15.3 Å². The number of thioether (sulfide) groups is 1. The number of likely N-dealkylation sites (N-methyl/N-ethyl adjacent to an activating group) is 2. The third-order valence-corrected chi connectivity index (χ3v) is 8.48. The standard InChI is InChI=1S/C28H43N3O4S/c1-17(2)20(16-18(3)26(34)35)30(9)24(33)21(27(4,5)6)29-23(32)22-28(7,8)36-25(31(22)10)19-14-12-11-13-15-19/h11-17,20-22,25H,1-10H3,(H,29,32)(H,34,35)/t20-,21?,22-,25?/m1/s1. The van der Waals surface area contributed by atoms with E-state index in [-0.39, 0.29) is 33.4 Å². The molecule has 1 aromatic carbocycles. The molecule has 1 heterocycles. The zero-order chi connectivity index (χ0) is 27.6. The van der Waals surface area contributed by atoms with Crippen molar-refractivity contribution >= 4 is 29.5 Å². The van der Waals surface area contributed by atoms with Crippen LogP contribution in [0.1, 0.15) is 66.3 Å². The summed E-state index contributed by atoms with van der Waals surface area (Å²) < 4.78 is -0.376. The number of nitrogens with zero attached hydrogens (tertiary/aromatic N) is 2. The topological polar surface area (TPSA) is 90.0 Å². The van der Waals surface area contributed by atoms with Crippen molar-refractivity contribution in [3.05, 3.63) is 47.5 Å². The van der Waals surface area contributed by atoms with E-state index in [2.05, 4.69) is 36.2 Å². The molecule has 1 aliphatic rings. The van der Waals surface area contributed by atoms with Crippen molar-refractivity contribution in [3.63, 3.8) is 0 Å². The van der Waals surface area contributed by atoms with E-state index in [0.29, 0.717) is 0 Å². The summed E-state index contributed by atoms with van der Waals surface area (Å²) in [5.41, 5.74) is 0.765. The van der Waals surface area contributed by atoms with E-state index in [9.17, 15) is 19.5 Å². The monoisotopic (exact) mass is 517 g/mol. The number of carboxylic acids is 1. The van der Waals surface area contributed by atoms with Crippen LogP contribution in [0.2, 0.25) is 0 Å². The first kappa shape index (κ1) is 29.9. The zero-order valence-electron chi connectivity index (χ0n) is 23.3. The van der Waals surface area contributed by atoms with E-state index >= 15 is 0 Å². The maximum absolute atomic E-state index is 13.8. The predicted molar refractivity (Wildman–Crippen MR) is 147 cm³/mol. The van der Waals surface area contributed by atoms with Crippen LogP contribution >= 0.6 is 11.8 Å². The fourth-order valence-electron chi connectivity index (χ4n) is 4.78. The van der Waals surface area contributed by atoms with Gasteiger partial charge in [0, 0.05) is 17.4 Å². The molecular weight excluding hydrogens is 474 g/mol. The summed E-state index contributed by atoms with van der Waals surface area (Å²) in [6.45, 7) is 15.3. The van der Waals surface area contributed by atoms with E-state index in [4.69, 9.17) is 0 Å². The number of hydrogen-bond donors (Lipinski definition) is 2. The van der Waals surface area contributed by atoms with Crippen LogP contribution in [0.4, 0.5) is 0 Å². The molecule has 1 aromatic rings. The number of benzene rings is 1. The van der Waals surface area contributed by atoms with Gasteiger partial charge in [-0.15, -0.1) is 11.8 Å². The van der Waals surface area contributed by atoms with Gasteiger partial charge in [-0.05, 0) is 44.7 Å². The third kappa shape index (κ3) is 6.71. The molecule has 2 unspecified atom stereocenters. The molecule has 0 bridgehead atoms. The smallest absolute Gasteiger partial charge is 0.331 e. The van der Waals surface area contributed by atoms with Crippen molar-refractivity contribution in [3.8, 4) is 0 Å². The van der Waals surface area contributed by atoms with E-state index in [0.717, 1.165) is 5.56 Å². The summed E-state index contributed by atoms with van der Waals surface area (Å²) in [5, 5.41) is 12.5. The van der Waals surface area contributed by atoms with Gasteiger partial charge in [-0.1, -0.05) is 71.0 Å². The van der Waals surface area contributed by atoms with Gasteiger partial charge in [-0.3, -0.25) is 14.5 Å². The number of carbonyl (C=O) groups excluding carboxylic acids is 2. The average Bonchev–Trinajstić information content (AvgIpc) is 3.02. The summed E-state index contributed by atoms with van der Waals surface area (Å²) in [6.07, 6.45) is 1.61. The Balaban J connectivity index is 2.34. The van der Waals surface area contributed by atoms with Gasteiger partial charge in [-0.25, -0.2) is 4.79 Å². The van der Waals surface area contributed by atoms with Crippen molar-refractivity contribution in [1.29, 1.82) is 0 Å². The number of carboxylic acid groups (broad SMARTS) is 1. The van der Waals surface area contributed by atoms with Crippen molar-refractivity contribution in [2.24, 2.45) is 11.3 Å². The molecule has 7 nitrogen and oxygen atoms in total. The number of hydrogen-bond acceptors (Lipinski definition) is 5. The minimum absolute atomic E-state index is 0.00695. The average molecular weight is 518 g/mol. The molecule has 200 valence electrons. The Bertz CT molecular complexity index is 984. The van der Waals surface area contributed by atoms with Crippen LogP contribution in [0.15, 0.2) is 42.0 Å². The summed E-state index contributed by atoms with van der Waals surface area (Å²) in [5.74, 6) is -1.45. The Labute approximate surface area is 220 Å². The molecule has 2 N–H and O–H groups in total. The molecule has 4 atom stereocenters.